The maximum Gasteiger partial charge on any atom is 0.159 e. The van der Waals surface area contributed by atoms with E-state index in [-0.39, 0.29) is 0 Å². The lowest BCUT2D eigenvalue weighted by Crippen LogP contribution is -2.31. The van der Waals surface area contributed by atoms with E-state index in [9.17, 15) is 8.78 Å². The molecule has 0 amide bonds. The second kappa shape index (κ2) is 6.80. The van der Waals surface area contributed by atoms with Gasteiger partial charge in [-0.3, -0.25) is 4.90 Å². The molecule has 4 rings (SSSR count). The van der Waals surface area contributed by atoms with Crippen LogP contribution in [0.4, 0.5) is 14.5 Å². The highest BCUT2D eigenvalue weighted by Gasteiger charge is 2.19. The van der Waals surface area contributed by atoms with E-state index >= 15 is 0 Å². The Hall–Kier alpha value is -2.86. The van der Waals surface area contributed by atoms with Gasteiger partial charge >= 0.3 is 0 Å². The van der Waals surface area contributed by atoms with Crippen molar-refractivity contribution in [2.45, 2.75) is 19.5 Å². The summed E-state index contributed by atoms with van der Waals surface area (Å²) in [6.07, 6.45) is 2.65. The summed E-state index contributed by atoms with van der Waals surface area (Å²) in [7, 11) is 0. The number of aromatic nitrogens is 2. The lowest BCUT2D eigenvalue weighted by atomic mass is 10.1. The maximum atomic E-state index is 13.4. The summed E-state index contributed by atoms with van der Waals surface area (Å²) in [6, 6.07) is 11.5. The van der Waals surface area contributed by atoms with Crippen LogP contribution < -0.4 is 5.73 Å². The first-order valence-electron chi connectivity index (χ1n) is 8.45. The predicted molar refractivity (Wildman–Crippen MR) is 96.1 cm³/mol. The van der Waals surface area contributed by atoms with E-state index in [0.29, 0.717) is 24.6 Å². The Morgan fingerprint density at radius 1 is 1.04 bits per heavy atom. The van der Waals surface area contributed by atoms with Gasteiger partial charge in [-0.15, -0.1) is 0 Å². The van der Waals surface area contributed by atoms with Crippen LogP contribution in [0.3, 0.4) is 0 Å². The van der Waals surface area contributed by atoms with Gasteiger partial charge in [0.15, 0.2) is 17.5 Å². The number of nitrogen functional groups attached to an aromatic ring is 1. The molecule has 0 bridgehead atoms. The van der Waals surface area contributed by atoms with Crippen molar-refractivity contribution in [1.82, 2.24) is 14.9 Å². The highest BCUT2D eigenvalue weighted by atomic mass is 19.2. The van der Waals surface area contributed by atoms with E-state index < -0.39 is 11.6 Å². The number of nitrogens with two attached hydrogens (primary N) is 1. The van der Waals surface area contributed by atoms with Gasteiger partial charge in [0, 0.05) is 49.1 Å². The van der Waals surface area contributed by atoms with Crippen molar-refractivity contribution >= 4 is 5.69 Å². The molecular weight excluding hydrogens is 334 g/mol. The molecule has 0 saturated heterocycles. The Morgan fingerprint density at radius 3 is 2.62 bits per heavy atom. The van der Waals surface area contributed by atoms with Crippen LogP contribution in [0.15, 0.2) is 48.7 Å². The number of halogens is 2. The first kappa shape index (κ1) is 16.6. The lowest BCUT2D eigenvalue weighted by molar-refractivity contribution is 0.242. The third-order valence-corrected chi connectivity index (χ3v) is 4.57. The molecule has 0 aliphatic carbocycles. The highest BCUT2D eigenvalue weighted by molar-refractivity contribution is 5.58. The van der Waals surface area contributed by atoms with E-state index in [4.69, 9.17) is 10.7 Å². The molecule has 132 valence electrons. The topological polar surface area (TPSA) is 55.0 Å². The standard InChI is InChI=1S/C20H18F2N4/c21-17-6-1-13(9-18(17)22)11-26-8-7-19-15(12-26)10-24-20(25-19)14-2-4-16(23)5-3-14/h1-6,9-10H,7-8,11-12,23H2. The van der Waals surface area contributed by atoms with Crippen LogP contribution in [0.5, 0.6) is 0 Å². The van der Waals surface area contributed by atoms with E-state index in [1.165, 1.54) is 12.1 Å². The predicted octanol–water partition coefficient (Wildman–Crippen LogP) is 3.56. The smallest absolute Gasteiger partial charge is 0.159 e. The maximum absolute atomic E-state index is 13.4. The zero-order valence-electron chi connectivity index (χ0n) is 14.1. The summed E-state index contributed by atoms with van der Waals surface area (Å²) in [6.45, 7) is 2.07. The van der Waals surface area contributed by atoms with Gasteiger partial charge in [0.1, 0.15) is 0 Å². The molecule has 6 heteroatoms. The molecule has 0 spiro atoms. The summed E-state index contributed by atoms with van der Waals surface area (Å²) in [5.41, 5.74) is 10.2. The Morgan fingerprint density at radius 2 is 1.85 bits per heavy atom. The van der Waals surface area contributed by atoms with Crippen LogP contribution >= 0.6 is 0 Å². The van der Waals surface area contributed by atoms with Gasteiger partial charge in [0.25, 0.3) is 0 Å². The summed E-state index contributed by atoms with van der Waals surface area (Å²) in [4.78, 5) is 11.3. The number of fused-ring (bicyclic) bond motifs is 1. The molecule has 1 aliphatic rings. The van der Waals surface area contributed by atoms with Gasteiger partial charge < -0.3 is 5.73 Å². The monoisotopic (exact) mass is 352 g/mol. The van der Waals surface area contributed by atoms with Crippen molar-refractivity contribution in [2.24, 2.45) is 0 Å². The molecule has 2 aromatic carbocycles. The Bertz CT molecular complexity index is 941. The van der Waals surface area contributed by atoms with Crippen molar-refractivity contribution in [3.63, 3.8) is 0 Å². The van der Waals surface area contributed by atoms with Crippen LogP contribution in [0.1, 0.15) is 16.8 Å². The van der Waals surface area contributed by atoms with Crippen molar-refractivity contribution in [2.75, 3.05) is 12.3 Å². The van der Waals surface area contributed by atoms with Gasteiger partial charge in [0.05, 0.1) is 5.69 Å². The third kappa shape index (κ3) is 3.41. The van der Waals surface area contributed by atoms with Crippen LogP contribution in [0, 0.1) is 11.6 Å². The van der Waals surface area contributed by atoms with Crippen molar-refractivity contribution in [1.29, 1.82) is 0 Å². The zero-order valence-corrected chi connectivity index (χ0v) is 14.1. The average Bonchev–Trinajstić information content (AvgIpc) is 2.65. The fourth-order valence-corrected chi connectivity index (χ4v) is 3.18. The molecule has 4 nitrogen and oxygen atoms in total. The van der Waals surface area contributed by atoms with Crippen molar-refractivity contribution in [3.8, 4) is 11.4 Å². The van der Waals surface area contributed by atoms with Gasteiger partial charge in [-0.2, -0.15) is 0 Å². The number of hydrogen-bond acceptors (Lipinski definition) is 4. The number of anilines is 1. The van der Waals surface area contributed by atoms with E-state index in [1.807, 2.05) is 30.5 Å². The second-order valence-corrected chi connectivity index (χ2v) is 6.50. The van der Waals surface area contributed by atoms with Crippen LogP contribution in [-0.4, -0.2) is 21.4 Å². The molecule has 3 aromatic rings. The number of benzene rings is 2. The Kier molecular flexibility index (Phi) is 4.34. The molecule has 0 saturated carbocycles. The Balaban J connectivity index is 1.50. The summed E-state index contributed by atoms with van der Waals surface area (Å²) in [5, 5.41) is 0. The minimum absolute atomic E-state index is 0.566. The molecular formula is C20H18F2N4. The summed E-state index contributed by atoms with van der Waals surface area (Å²) in [5.74, 6) is -0.935. The van der Waals surface area contributed by atoms with E-state index in [1.54, 1.807) is 6.07 Å². The molecule has 1 aromatic heterocycles. The second-order valence-electron chi connectivity index (χ2n) is 6.50. The molecule has 0 unspecified atom stereocenters. The van der Waals surface area contributed by atoms with Gasteiger partial charge in [-0.1, -0.05) is 6.07 Å². The van der Waals surface area contributed by atoms with Gasteiger partial charge in [-0.25, -0.2) is 18.7 Å². The average molecular weight is 352 g/mol. The molecule has 0 atom stereocenters. The largest absolute Gasteiger partial charge is 0.399 e. The SMILES string of the molecule is Nc1ccc(-c2ncc3c(n2)CCN(Cc2ccc(F)c(F)c2)C3)cc1. The molecule has 26 heavy (non-hydrogen) atoms. The molecule has 0 fully saturated rings. The number of nitrogens with zero attached hydrogens (tertiary/aromatic N) is 3. The first-order valence-corrected chi connectivity index (χ1v) is 8.45. The van der Waals surface area contributed by atoms with Crippen molar-refractivity contribution < 1.29 is 8.78 Å². The fourth-order valence-electron chi connectivity index (χ4n) is 3.18. The van der Waals surface area contributed by atoms with Gasteiger partial charge in [-0.05, 0) is 42.0 Å². The normalized spacial score (nSPS) is 14.2. The van der Waals surface area contributed by atoms with Crippen LogP contribution in [-0.2, 0) is 19.5 Å². The molecule has 2 heterocycles. The zero-order chi connectivity index (χ0) is 18.1. The minimum Gasteiger partial charge on any atom is -0.399 e. The molecule has 2 N–H and O–H groups in total. The molecule has 1 aliphatic heterocycles. The minimum atomic E-state index is -0.818. The van der Waals surface area contributed by atoms with Gasteiger partial charge in [0.2, 0.25) is 0 Å². The highest BCUT2D eigenvalue weighted by Crippen LogP contribution is 2.23. The van der Waals surface area contributed by atoms with E-state index in [0.717, 1.165) is 35.3 Å². The third-order valence-electron chi connectivity index (χ3n) is 4.57. The van der Waals surface area contributed by atoms with Crippen molar-refractivity contribution in [3.05, 3.63) is 77.1 Å². The Labute approximate surface area is 150 Å². The first-order chi connectivity index (χ1) is 12.6. The van der Waals surface area contributed by atoms with Crippen LogP contribution in [0.2, 0.25) is 0 Å². The number of rotatable bonds is 3. The molecule has 0 radical (unpaired) electrons. The fraction of sp³-hybridized carbons (Fsp3) is 0.200. The number of hydrogen-bond donors (Lipinski definition) is 1. The van der Waals surface area contributed by atoms with E-state index in [2.05, 4.69) is 9.88 Å². The summed E-state index contributed by atoms with van der Waals surface area (Å²) >= 11 is 0. The lowest BCUT2D eigenvalue weighted by Gasteiger charge is -2.28. The summed E-state index contributed by atoms with van der Waals surface area (Å²) < 4.78 is 26.4. The van der Waals surface area contributed by atoms with Crippen LogP contribution in [0.25, 0.3) is 11.4 Å². The quantitative estimate of drug-likeness (QED) is 0.733.